The molecule has 0 aromatic heterocycles. The molecule has 1 unspecified atom stereocenters. The quantitative estimate of drug-likeness (QED) is 0.437. The van der Waals surface area contributed by atoms with E-state index in [-0.39, 0.29) is 24.7 Å². The first-order valence-corrected chi connectivity index (χ1v) is 9.02. The maximum atomic E-state index is 12.9. The topological polar surface area (TPSA) is 65.1 Å². The number of methoxy groups -OCH3 is 1. The number of hydrogen-bond acceptors (Lipinski definition) is 5. The molecule has 1 aliphatic carbocycles. The number of benzene rings is 1. The minimum atomic E-state index is -0.715. The molecular weight excluding hydrogens is 390 g/mol. The van der Waals surface area contributed by atoms with Crippen LogP contribution in [-0.4, -0.2) is 36.7 Å². The van der Waals surface area contributed by atoms with Gasteiger partial charge in [-0.25, -0.2) is 0 Å². The van der Waals surface area contributed by atoms with Gasteiger partial charge in [0.25, 0.3) is 0 Å². The van der Waals surface area contributed by atoms with Crippen LogP contribution in [0.15, 0.2) is 28.8 Å². The van der Waals surface area contributed by atoms with Crippen LogP contribution >= 0.6 is 15.9 Å². The zero-order chi connectivity index (χ0) is 17.6. The molecule has 3 aliphatic rings. The van der Waals surface area contributed by atoms with Crippen LogP contribution in [0.2, 0.25) is 0 Å². The Labute approximate surface area is 153 Å². The largest absolute Gasteiger partial charge is 0.468 e. The third kappa shape index (κ3) is 2.70. The van der Waals surface area contributed by atoms with E-state index in [9.17, 15) is 9.59 Å². The number of esters is 1. The lowest BCUT2D eigenvalue weighted by Gasteiger charge is -2.28. The van der Waals surface area contributed by atoms with Gasteiger partial charge in [-0.1, -0.05) is 28.1 Å². The number of allylic oxidation sites excluding steroid dienone is 1. The minimum Gasteiger partial charge on any atom is -0.468 e. The van der Waals surface area contributed by atoms with Gasteiger partial charge in [-0.05, 0) is 30.5 Å². The van der Waals surface area contributed by atoms with Crippen LogP contribution in [0.4, 0.5) is 0 Å². The first kappa shape index (κ1) is 16.4. The molecule has 25 heavy (non-hydrogen) atoms. The molecule has 4 rings (SSSR count). The summed E-state index contributed by atoms with van der Waals surface area (Å²) in [4.78, 5) is 26.9. The predicted molar refractivity (Wildman–Crippen MR) is 92.0 cm³/mol. The Morgan fingerprint density at radius 2 is 2.12 bits per heavy atom. The number of fused-ring (bicyclic) bond motifs is 2. The van der Waals surface area contributed by atoms with Crippen molar-refractivity contribution in [3.63, 3.8) is 0 Å². The number of halogens is 1. The van der Waals surface area contributed by atoms with Crippen molar-refractivity contribution < 1.29 is 23.8 Å². The molecule has 2 heterocycles. The summed E-state index contributed by atoms with van der Waals surface area (Å²) in [5, 5.41) is 0. The number of rotatable bonds is 3. The molecule has 7 heteroatoms. The second-order valence-electron chi connectivity index (χ2n) is 6.42. The van der Waals surface area contributed by atoms with E-state index in [4.69, 9.17) is 14.2 Å². The van der Waals surface area contributed by atoms with Crippen LogP contribution in [0.5, 0.6) is 11.5 Å². The summed E-state index contributed by atoms with van der Waals surface area (Å²) in [7, 11) is 1.33. The highest BCUT2D eigenvalue weighted by molar-refractivity contribution is 9.10. The zero-order valence-corrected chi connectivity index (χ0v) is 15.3. The van der Waals surface area contributed by atoms with Gasteiger partial charge in [0.15, 0.2) is 11.5 Å². The Balaban J connectivity index is 1.65. The maximum absolute atomic E-state index is 12.9. The highest BCUT2D eigenvalue weighted by atomic mass is 79.9. The normalized spacial score (nSPS) is 26.7. The number of carbonyl (C=O) groups is 2. The summed E-state index contributed by atoms with van der Waals surface area (Å²) in [6.07, 6.45) is 5.81. The fraction of sp³-hybridized carbons (Fsp3) is 0.444. The molecule has 0 bridgehead atoms. The van der Waals surface area contributed by atoms with Crippen molar-refractivity contribution in [1.29, 1.82) is 0 Å². The van der Waals surface area contributed by atoms with Crippen molar-refractivity contribution >= 4 is 27.8 Å². The lowest BCUT2D eigenvalue weighted by molar-refractivity contribution is -0.151. The molecule has 1 saturated heterocycles. The van der Waals surface area contributed by atoms with Crippen LogP contribution < -0.4 is 9.47 Å². The van der Waals surface area contributed by atoms with Crippen LogP contribution in [0.3, 0.4) is 0 Å². The van der Waals surface area contributed by atoms with Gasteiger partial charge in [-0.3, -0.25) is 9.59 Å². The van der Waals surface area contributed by atoms with Crippen LogP contribution in [0, 0.1) is 11.8 Å². The molecule has 1 fully saturated rings. The van der Waals surface area contributed by atoms with Gasteiger partial charge in [-0.2, -0.15) is 0 Å². The molecule has 132 valence electrons. The summed E-state index contributed by atoms with van der Waals surface area (Å²) < 4.78 is 16.5. The van der Waals surface area contributed by atoms with E-state index < -0.39 is 11.9 Å². The SMILES string of the molecule is COC(=O)C1C(=O)N(Cc2cc3c(cc2Br)OCO3)[C@H]2C=CCC[C@H]12. The Kier molecular flexibility index (Phi) is 4.19. The van der Waals surface area contributed by atoms with Crippen LogP contribution in [-0.2, 0) is 20.9 Å². The van der Waals surface area contributed by atoms with Crippen molar-refractivity contribution in [2.24, 2.45) is 11.8 Å². The van der Waals surface area contributed by atoms with Crippen LogP contribution in [0.25, 0.3) is 0 Å². The molecule has 2 aliphatic heterocycles. The number of hydrogen-bond donors (Lipinski definition) is 0. The third-order valence-corrected chi connectivity index (χ3v) is 5.85. The van der Waals surface area contributed by atoms with E-state index in [0.717, 1.165) is 22.9 Å². The average Bonchev–Trinajstić information content (AvgIpc) is 3.17. The van der Waals surface area contributed by atoms with Gasteiger partial charge in [0.1, 0.15) is 5.92 Å². The smallest absolute Gasteiger partial charge is 0.318 e. The fourth-order valence-electron chi connectivity index (χ4n) is 3.90. The lowest BCUT2D eigenvalue weighted by atomic mass is 9.83. The van der Waals surface area contributed by atoms with E-state index in [2.05, 4.69) is 22.0 Å². The van der Waals surface area contributed by atoms with Crippen molar-refractivity contribution in [3.8, 4) is 11.5 Å². The van der Waals surface area contributed by atoms with Gasteiger partial charge in [0, 0.05) is 16.9 Å². The van der Waals surface area contributed by atoms with Gasteiger partial charge < -0.3 is 19.1 Å². The second kappa shape index (κ2) is 6.37. The van der Waals surface area contributed by atoms with Crippen LogP contribution in [0.1, 0.15) is 18.4 Å². The molecule has 0 saturated carbocycles. The fourth-order valence-corrected chi connectivity index (χ4v) is 4.34. The molecule has 1 amide bonds. The Hall–Kier alpha value is -2.02. The number of amides is 1. The number of carbonyl (C=O) groups excluding carboxylic acids is 2. The third-order valence-electron chi connectivity index (χ3n) is 5.11. The molecular formula is C18H18BrNO5. The van der Waals surface area contributed by atoms with Crippen molar-refractivity contribution in [2.75, 3.05) is 13.9 Å². The summed E-state index contributed by atoms with van der Waals surface area (Å²) in [6.45, 7) is 0.598. The molecule has 1 aromatic rings. The standard InChI is InChI=1S/C18H18BrNO5/c1-23-18(22)16-11-4-2-3-5-13(11)20(17(16)21)8-10-6-14-15(7-12(10)19)25-9-24-14/h3,5-7,11,13,16H,2,4,8-9H2,1H3/t11-,13-,16?/m0/s1. The van der Waals surface area contributed by atoms with E-state index in [1.807, 2.05) is 18.2 Å². The van der Waals surface area contributed by atoms with Gasteiger partial charge in [0.05, 0.1) is 13.2 Å². The zero-order valence-electron chi connectivity index (χ0n) is 13.7. The molecule has 3 atom stereocenters. The number of ether oxygens (including phenoxy) is 3. The molecule has 0 radical (unpaired) electrons. The average molecular weight is 408 g/mol. The number of likely N-dealkylation sites (tertiary alicyclic amines) is 1. The second-order valence-corrected chi connectivity index (χ2v) is 7.28. The molecule has 0 spiro atoms. The van der Waals surface area contributed by atoms with Crippen molar-refractivity contribution in [1.82, 2.24) is 4.90 Å². The highest BCUT2D eigenvalue weighted by Gasteiger charge is 2.51. The highest BCUT2D eigenvalue weighted by Crippen LogP contribution is 2.42. The van der Waals surface area contributed by atoms with Gasteiger partial charge in [-0.15, -0.1) is 0 Å². The van der Waals surface area contributed by atoms with E-state index in [0.29, 0.717) is 18.0 Å². The molecule has 1 aromatic carbocycles. The summed E-state index contributed by atoms with van der Waals surface area (Å²) in [6, 6.07) is 3.65. The van der Waals surface area contributed by atoms with E-state index in [1.165, 1.54) is 7.11 Å². The van der Waals surface area contributed by atoms with Crippen molar-refractivity contribution in [3.05, 3.63) is 34.3 Å². The van der Waals surface area contributed by atoms with Gasteiger partial charge in [0.2, 0.25) is 12.7 Å². The Bertz CT molecular complexity index is 762. The monoisotopic (exact) mass is 407 g/mol. The van der Waals surface area contributed by atoms with Crippen molar-refractivity contribution in [2.45, 2.75) is 25.4 Å². The van der Waals surface area contributed by atoms with E-state index in [1.54, 1.807) is 4.90 Å². The lowest BCUT2D eigenvalue weighted by Crippen LogP contribution is -2.34. The van der Waals surface area contributed by atoms with Gasteiger partial charge >= 0.3 is 5.97 Å². The predicted octanol–water partition coefficient (Wildman–Crippen LogP) is 2.64. The van der Waals surface area contributed by atoms with E-state index >= 15 is 0 Å². The summed E-state index contributed by atoms with van der Waals surface area (Å²) >= 11 is 3.54. The first-order valence-electron chi connectivity index (χ1n) is 8.23. The number of nitrogens with zero attached hydrogens (tertiary/aromatic N) is 1. The molecule has 0 N–H and O–H groups in total. The minimum absolute atomic E-state index is 0.0299. The summed E-state index contributed by atoms with van der Waals surface area (Å²) in [5.41, 5.74) is 0.917. The summed E-state index contributed by atoms with van der Waals surface area (Å²) in [5.74, 6) is 0.00217. The Morgan fingerprint density at radius 3 is 2.88 bits per heavy atom. The molecule has 6 nitrogen and oxygen atoms in total. The Morgan fingerprint density at radius 1 is 1.36 bits per heavy atom. The maximum Gasteiger partial charge on any atom is 0.318 e. The first-order chi connectivity index (χ1) is 12.1.